The zero-order valence-corrected chi connectivity index (χ0v) is 14.8. The van der Waals surface area contributed by atoms with Gasteiger partial charge in [0.2, 0.25) is 11.8 Å². The third kappa shape index (κ3) is 2.92. The Hall–Kier alpha value is -3.56. The van der Waals surface area contributed by atoms with Gasteiger partial charge in [-0.1, -0.05) is 0 Å². The third-order valence-electron chi connectivity index (χ3n) is 3.95. The smallest absolute Gasteiger partial charge is 0.333 e. The molecule has 0 atom stereocenters. The molecule has 0 saturated heterocycles. The van der Waals surface area contributed by atoms with Crippen LogP contribution in [-0.2, 0) is 14.1 Å². The molecular formula is C16H19N7O3. The maximum atomic E-state index is 12.3. The summed E-state index contributed by atoms with van der Waals surface area (Å²) in [6, 6.07) is 5.58. The zero-order valence-electron chi connectivity index (χ0n) is 14.8. The van der Waals surface area contributed by atoms with Crippen LogP contribution in [0.2, 0.25) is 0 Å². The average molecular weight is 357 g/mol. The number of nitrogens with zero attached hydrogens (tertiary/aromatic N) is 5. The molecule has 0 amide bonds. The number of nitrogens with one attached hydrogen (secondary N) is 2. The lowest BCUT2D eigenvalue weighted by Gasteiger charge is -2.18. The quantitative estimate of drug-likeness (QED) is 0.449. The van der Waals surface area contributed by atoms with Crippen molar-refractivity contribution in [1.82, 2.24) is 24.2 Å². The van der Waals surface area contributed by atoms with Gasteiger partial charge in [0.15, 0.2) is 5.69 Å². The Morgan fingerprint density at radius 3 is 2.69 bits per heavy atom. The first kappa shape index (κ1) is 17.3. The summed E-state index contributed by atoms with van der Waals surface area (Å²) in [6.45, 7) is 0. The van der Waals surface area contributed by atoms with Crippen molar-refractivity contribution in [3.63, 3.8) is 0 Å². The first-order valence-electron chi connectivity index (χ1n) is 7.74. The van der Waals surface area contributed by atoms with Gasteiger partial charge < -0.3 is 15.3 Å². The summed E-state index contributed by atoms with van der Waals surface area (Å²) in [5.74, 6) is -0.182. The molecule has 0 unspecified atom stereocenters. The van der Waals surface area contributed by atoms with Crippen molar-refractivity contribution in [3.05, 3.63) is 45.2 Å². The van der Waals surface area contributed by atoms with E-state index < -0.39 is 17.1 Å². The highest BCUT2D eigenvalue weighted by Gasteiger charge is 2.16. The predicted molar refractivity (Wildman–Crippen MR) is 99.1 cm³/mol. The van der Waals surface area contributed by atoms with E-state index in [0.717, 1.165) is 25.7 Å². The van der Waals surface area contributed by atoms with Gasteiger partial charge in [0, 0.05) is 39.3 Å². The first-order valence-corrected chi connectivity index (χ1v) is 7.74. The molecule has 136 valence electrons. The number of anilines is 1. The molecule has 10 heteroatoms. The number of guanidine groups is 1. The van der Waals surface area contributed by atoms with Crippen LogP contribution in [0.1, 0.15) is 0 Å². The molecular weight excluding hydrogens is 338 g/mol. The van der Waals surface area contributed by atoms with Gasteiger partial charge in [-0.2, -0.15) is 5.10 Å². The highest BCUT2D eigenvalue weighted by Crippen LogP contribution is 2.21. The minimum absolute atomic E-state index is 0.228. The highest BCUT2D eigenvalue weighted by molar-refractivity contribution is 5.97. The van der Waals surface area contributed by atoms with Crippen LogP contribution in [0.25, 0.3) is 10.9 Å². The summed E-state index contributed by atoms with van der Waals surface area (Å²) in [5.41, 5.74) is 0.0176. The lowest BCUT2D eigenvalue weighted by atomic mass is 10.2. The molecule has 0 radical (unpaired) electrons. The van der Waals surface area contributed by atoms with Crippen molar-refractivity contribution >= 4 is 28.2 Å². The van der Waals surface area contributed by atoms with Gasteiger partial charge in [0.25, 0.3) is 5.56 Å². The molecule has 0 saturated carbocycles. The molecule has 0 bridgehead atoms. The van der Waals surface area contributed by atoms with Crippen molar-refractivity contribution in [3.8, 4) is 5.88 Å². The maximum Gasteiger partial charge on any atom is 0.333 e. The van der Waals surface area contributed by atoms with Gasteiger partial charge in [-0.05, 0) is 18.2 Å². The van der Waals surface area contributed by atoms with Crippen molar-refractivity contribution in [2.24, 2.45) is 19.1 Å². The van der Waals surface area contributed by atoms with Crippen LogP contribution in [0.15, 0.2) is 39.0 Å². The summed E-state index contributed by atoms with van der Waals surface area (Å²) < 4.78 is 1.85. The van der Waals surface area contributed by atoms with Gasteiger partial charge in [-0.3, -0.25) is 19.0 Å². The number of aliphatic imine (C=N–C) groups is 1. The van der Waals surface area contributed by atoms with Crippen LogP contribution >= 0.6 is 0 Å². The van der Waals surface area contributed by atoms with E-state index in [1.54, 1.807) is 25.2 Å². The van der Waals surface area contributed by atoms with E-state index in [2.05, 4.69) is 20.5 Å². The van der Waals surface area contributed by atoms with E-state index >= 15 is 0 Å². The fourth-order valence-corrected chi connectivity index (χ4v) is 2.40. The Morgan fingerprint density at radius 1 is 1.27 bits per heavy atom. The molecule has 0 aliphatic rings. The van der Waals surface area contributed by atoms with Crippen LogP contribution in [0.4, 0.5) is 11.4 Å². The second-order valence-electron chi connectivity index (χ2n) is 6.00. The van der Waals surface area contributed by atoms with E-state index in [9.17, 15) is 14.7 Å². The summed E-state index contributed by atoms with van der Waals surface area (Å²) in [6.07, 6.45) is 1.71. The summed E-state index contributed by atoms with van der Waals surface area (Å²) in [5, 5.41) is 21.1. The Morgan fingerprint density at radius 2 is 2.00 bits per heavy atom. The van der Waals surface area contributed by atoms with Crippen molar-refractivity contribution in [1.29, 1.82) is 0 Å². The monoisotopic (exact) mass is 357 g/mol. The third-order valence-corrected chi connectivity index (χ3v) is 3.95. The Labute approximate surface area is 148 Å². The Bertz CT molecular complexity index is 1120. The average Bonchev–Trinajstić information content (AvgIpc) is 3.08. The van der Waals surface area contributed by atoms with Crippen LogP contribution in [0, 0.1) is 0 Å². The lowest BCUT2D eigenvalue weighted by molar-refractivity contribution is 0.414. The van der Waals surface area contributed by atoms with E-state index in [-0.39, 0.29) is 5.69 Å². The molecule has 0 aliphatic carbocycles. The number of H-pyrrole nitrogens is 1. The number of hydrogen-bond donors (Lipinski definition) is 3. The normalized spacial score (nSPS) is 11.8. The van der Waals surface area contributed by atoms with Crippen molar-refractivity contribution < 1.29 is 5.11 Å². The van der Waals surface area contributed by atoms with E-state index in [1.165, 1.54) is 14.1 Å². The summed E-state index contributed by atoms with van der Waals surface area (Å²) in [4.78, 5) is 30.1. The van der Waals surface area contributed by atoms with Gasteiger partial charge in [-0.15, -0.1) is 0 Å². The minimum atomic E-state index is -0.684. The molecule has 10 nitrogen and oxygen atoms in total. The number of aromatic amines is 1. The number of aromatic hydroxyl groups is 1. The molecule has 1 aromatic carbocycles. The van der Waals surface area contributed by atoms with Gasteiger partial charge in [-0.25, -0.2) is 9.79 Å². The maximum absolute atomic E-state index is 12.3. The molecule has 0 fully saturated rings. The number of aromatic nitrogens is 4. The summed E-state index contributed by atoms with van der Waals surface area (Å²) >= 11 is 0. The van der Waals surface area contributed by atoms with E-state index in [4.69, 9.17) is 0 Å². The molecule has 2 heterocycles. The molecule has 2 aromatic heterocycles. The fourth-order valence-electron chi connectivity index (χ4n) is 2.40. The molecule has 26 heavy (non-hydrogen) atoms. The van der Waals surface area contributed by atoms with Gasteiger partial charge >= 0.3 is 5.69 Å². The molecule has 3 aromatic rings. The molecule has 3 N–H and O–H groups in total. The Balaban J connectivity index is 2.08. The van der Waals surface area contributed by atoms with Gasteiger partial charge in [0.05, 0.1) is 11.7 Å². The van der Waals surface area contributed by atoms with Crippen LogP contribution in [0.3, 0.4) is 0 Å². The van der Waals surface area contributed by atoms with Gasteiger partial charge in [0.1, 0.15) is 0 Å². The SMILES string of the molecule is CN(C)C(=Nc1c(O)n(C)c(=O)n(C)c1=O)Nc1ccc2cn[nH]c2c1. The Kier molecular flexibility index (Phi) is 4.24. The van der Waals surface area contributed by atoms with E-state index in [1.807, 2.05) is 18.2 Å². The molecule has 3 rings (SSSR count). The molecule has 0 spiro atoms. The van der Waals surface area contributed by atoms with Crippen LogP contribution < -0.4 is 16.6 Å². The standard InChI is InChI=1S/C16H19N7O3/c1-21(2)15(18-10-6-5-9-8-17-20-11(9)7-10)19-12-13(24)22(3)16(26)23(4)14(12)25/h5-8,24H,1-4H3,(H,17,20)(H,18,19). The van der Waals surface area contributed by atoms with Crippen LogP contribution in [-0.4, -0.2) is 49.4 Å². The topological polar surface area (TPSA) is 121 Å². The highest BCUT2D eigenvalue weighted by atomic mass is 16.3. The zero-order chi connectivity index (χ0) is 19.0. The first-order chi connectivity index (χ1) is 12.3. The van der Waals surface area contributed by atoms with Crippen LogP contribution in [0.5, 0.6) is 5.88 Å². The van der Waals surface area contributed by atoms with Crippen molar-refractivity contribution in [2.75, 3.05) is 19.4 Å². The van der Waals surface area contributed by atoms with Crippen molar-refractivity contribution in [2.45, 2.75) is 0 Å². The number of hydrogen-bond acceptors (Lipinski definition) is 5. The number of rotatable bonds is 2. The van der Waals surface area contributed by atoms with E-state index in [0.29, 0.717) is 5.96 Å². The summed E-state index contributed by atoms with van der Waals surface area (Å²) in [7, 11) is 6.18. The fraction of sp³-hybridized carbons (Fsp3) is 0.250. The lowest BCUT2D eigenvalue weighted by Crippen LogP contribution is -2.37. The second kappa shape index (κ2) is 6.39. The predicted octanol–water partition coefficient (Wildman–Crippen LogP) is 0.327. The second-order valence-corrected chi connectivity index (χ2v) is 6.00. The largest absolute Gasteiger partial charge is 0.493 e. The molecule has 0 aliphatic heterocycles. The minimum Gasteiger partial charge on any atom is -0.493 e. The number of fused-ring (bicyclic) bond motifs is 1. The number of benzene rings is 1.